The molecule has 0 unspecified atom stereocenters. The van der Waals surface area contributed by atoms with E-state index in [0.717, 1.165) is 30.7 Å². The Labute approximate surface area is 147 Å². The molecule has 0 radical (unpaired) electrons. The first-order chi connectivity index (χ1) is 10.8. The lowest BCUT2D eigenvalue weighted by Gasteiger charge is -2.30. The van der Waals surface area contributed by atoms with Crippen molar-refractivity contribution in [2.24, 2.45) is 0 Å². The van der Waals surface area contributed by atoms with Crippen molar-refractivity contribution in [3.05, 3.63) is 28.2 Å². The van der Waals surface area contributed by atoms with Crippen LogP contribution in [0.4, 0.5) is 0 Å². The van der Waals surface area contributed by atoms with Crippen molar-refractivity contribution in [1.29, 1.82) is 0 Å². The zero-order valence-electron chi connectivity index (χ0n) is 14.4. The monoisotopic (exact) mass is 384 g/mol. The highest BCUT2D eigenvalue weighted by atomic mass is 79.9. The van der Waals surface area contributed by atoms with Crippen LogP contribution < -0.4 is 15.1 Å². The SMILES string of the molecule is C[NH+]1CCN(NC(=O)COc2ccc(C(C)(C)C)cc2Br)CC1. The predicted octanol–water partition coefficient (Wildman–Crippen LogP) is 0.987. The minimum absolute atomic E-state index is 0.0205. The largest absolute Gasteiger partial charge is 0.483 e. The maximum atomic E-state index is 12.0. The van der Waals surface area contributed by atoms with Gasteiger partial charge in [0.1, 0.15) is 5.75 Å². The van der Waals surface area contributed by atoms with Crippen LogP contribution in [0, 0.1) is 0 Å². The maximum Gasteiger partial charge on any atom is 0.272 e. The van der Waals surface area contributed by atoms with Crippen molar-refractivity contribution in [2.75, 3.05) is 39.8 Å². The summed E-state index contributed by atoms with van der Waals surface area (Å²) in [4.78, 5) is 13.5. The molecule has 1 aliphatic rings. The summed E-state index contributed by atoms with van der Waals surface area (Å²) in [6, 6.07) is 6.01. The van der Waals surface area contributed by atoms with E-state index in [-0.39, 0.29) is 17.9 Å². The van der Waals surface area contributed by atoms with E-state index in [0.29, 0.717) is 5.75 Å². The molecule has 0 spiro atoms. The molecule has 0 atom stereocenters. The molecule has 0 aliphatic carbocycles. The summed E-state index contributed by atoms with van der Waals surface area (Å²) in [6.07, 6.45) is 0. The van der Waals surface area contributed by atoms with Crippen LogP contribution in [0.5, 0.6) is 5.75 Å². The van der Waals surface area contributed by atoms with E-state index in [2.05, 4.69) is 55.2 Å². The number of nitrogens with zero attached hydrogens (tertiary/aromatic N) is 1. The number of benzene rings is 1. The standard InChI is InChI=1S/C17H26BrN3O2/c1-17(2,3)13-5-6-15(14(18)11-13)23-12-16(22)19-21-9-7-20(4)8-10-21/h5-6,11H,7-10,12H2,1-4H3,(H,19,22)/p+1. The van der Waals surface area contributed by atoms with Crippen LogP contribution in [-0.2, 0) is 10.2 Å². The number of amides is 1. The van der Waals surface area contributed by atoms with Crippen molar-refractivity contribution >= 4 is 21.8 Å². The summed E-state index contributed by atoms with van der Waals surface area (Å²) in [5, 5.41) is 1.97. The molecule has 0 saturated carbocycles. The lowest BCUT2D eigenvalue weighted by atomic mass is 9.87. The fourth-order valence-corrected chi connectivity index (χ4v) is 2.93. The van der Waals surface area contributed by atoms with Crippen molar-refractivity contribution in [2.45, 2.75) is 26.2 Å². The maximum absolute atomic E-state index is 12.0. The number of likely N-dealkylation sites (N-methyl/N-ethyl adjacent to an activating group) is 1. The van der Waals surface area contributed by atoms with E-state index in [1.165, 1.54) is 10.5 Å². The van der Waals surface area contributed by atoms with Crippen LogP contribution in [0.25, 0.3) is 0 Å². The quantitative estimate of drug-likeness (QED) is 0.813. The van der Waals surface area contributed by atoms with Gasteiger partial charge in [-0.2, -0.15) is 0 Å². The summed E-state index contributed by atoms with van der Waals surface area (Å²) >= 11 is 3.52. The van der Waals surface area contributed by atoms with Gasteiger partial charge < -0.3 is 9.64 Å². The number of rotatable bonds is 4. The molecule has 1 aliphatic heterocycles. The molecule has 1 amide bonds. The molecular weight excluding hydrogens is 358 g/mol. The highest BCUT2D eigenvalue weighted by Crippen LogP contribution is 2.31. The van der Waals surface area contributed by atoms with Crippen LogP contribution in [-0.4, -0.2) is 50.7 Å². The van der Waals surface area contributed by atoms with E-state index in [9.17, 15) is 4.79 Å². The van der Waals surface area contributed by atoms with Gasteiger partial charge in [0.05, 0.1) is 37.7 Å². The molecule has 1 aromatic carbocycles. The molecule has 6 heteroatoms. The van der Waals surface area contributed by atoms with Gasteiger partial charge in [-0.05, 0) is 39.0 Å². The number of carbonyl (C=O) groups excluding carboxylic acids is 1. The number of halogens is 1. The highest BCUT2D eigenvalue weighted by Gasteiger charge is 2.19. The van der Waals surface area contributed by atoms with Gasteiger partial charge in [0.2, 0.25) is 0 Å². The molecule has 0 bridgehead atoms. The number of nitrogens with one attached hydrogen (secondary N) is 2. The second kappa shape index (κ2) is 7.64. The second-order valence-corrected chi connectivity index (χ2v) is 8.02. The zero-order valence-corrected chi connectivity index (χ0v) is 16.0. The van der Waals surface area contributed by atoms with E-state index in [1.54, 1.807) is 0 Å². The number of piperazine rings is 1. The second-order valence-electron chi connectivity index (χ2n) is 7.16. The molecular formula is C17H27BrN3O2+. The van der Waals surface area contributed by atoms with E-state index in [1.807, 2.05) is 17.1 Å². The molecule has 0 aromatic heterocycles. The van der Waals surface area contributed by atoms with Crippen molar-refractivity contribution in [3.63, 3.8) is 0 Å². The fraction of sp³-hybridized carbons (Fsp3) is 0.588. The third-order valence-electron chi connectivity index (χ3n) is 4.06. The van der Waals surface area contributed by atoms with Gasteiger partial charge in [-0.25, -0.2) is 5.01 Å². The van der Waals surface area contributed by atoms with E-state index >= 15 is 0 Å². The van der Waals surface area contributed by atoms with Crippen LogP contribution in [0.1, 0.15) is 26.3 Å². The van der Waals surface area contributed by atoms with Crippen LogP contribution in [0.3, 0.4) is 0 Å². The number of hydrogen-bond acceptors (Lipinski definition) is 3. The summed E-state index contributed by atoms with van der Waals surface area (Å²) in [5.41, 5.74) is 4.21. The van der Waals surface area contributed by atoms with Gasteiger partial charge in [-0.3, -0.25) is 10.2 Å². The van der Waals surface area contributed by atoms with E-state index < -0.39 is 0 Å². The third kappa shape index (κ3) is 5.48. The average Bonchev–Trinajstić information content (AvgIpc) is 2.47. The van der Waals surface area contributed by atoms with Gasteiger partial charge in [0, 0.05) is 0 Å². The fourth-order valence-electron chi connectivity index (χ4n) is 2.44. The molecule has 1 fully saturated rings. The molecule has 2 rings (SSSR count). The minimum atomic E-state index is -0.114. The van der Waals surface area contributed by atoms with E-state index in [4.69, 9.17) is 4.74 Å². The van der Waals surface area contributed by atoms with Gasteiger partial charge in [0.25, 0.3) is 5.91 Å². The predicted molar refractivity (Wildman–Crippen MR) is 94.7 cm³/mol. The minimum Gasteiger partial charge on any atom is -0.483 e. The molecule has 5 nitrogen and oxygen atoms in total. The summed E-state index contributed by atoms with van der Waals surface area (Å²) < 4.78 is 6.51. The number of hydrazine groups is 1. The molecule has 128 valence electrons. The molecule has 1 aromatic rings. The topological polar surface area (TPSA) is 46.0 Å². The molecule has 2 N–H and O–H groups in total. The summed E-state index contributed by atoms with van der Waals surface area (Å²) in [5.74, 6) is 0.576. The van der Waals surface area contributed by atoms with Crippen molar-refractivity contribution < 1.29 is 14.4 Å². The lowest BCUT2D eigenvalue weighted by Crippen LogP contribution is -3.12. The van der Waals surface area contributed by atoms with Crippen LogP contribution in [0.15, 0.2) is 22.7 Å². The van der Waals surface area contributed by atoms with Crippen molar-refractivity contribution in [1.82, 2.24) is 10.4 Å². The normalized spacial score (nSPS) is 17.1. The molecule has 1 saturated heterocycles. The van der Waals surface area contributed by atoms with Gasteiger partial charge >= 0.3 is 0 Å². The Morgan fingerprint density at radius 1 is 1.35 bits per heavy atom. The Balaban J connectivity index is 1.84. The number of carbonyl (C=O) groups is 1. The first-order valence-corrected chi connectivity index (χ1v) is 8.83. The Hall–Kier alpha value is -1.11. The Morgan fingerprint density at radius 3 is 2.57 bits per heavy atom. The summed E-state index contributed by atoms with van der Waals surface area (Å²) in [7, 11) is 2.17. The first kappa shape index (κ1) is 18.2. The Bertz CT molecular complexity index is 549. The van der Waals surface area contributed by atoms with Crippen LogP contribution >= 0.6 is 15.9 Å². The number of ether oxygens (including phenoxy) is 1. The average molecular weight is 385 g/mol. The van der Waals surface area contributed by atoms with Gasteiger partial charge in [-0.1, -0.05) is 26.8 Å². The van der Waals surface area contributed by atoms with Gasteiger partial charge in [0.15, 0.2) is 6.61 Å². The third-order valence-corrected chi connectivity index (χ3v) is 4.68. The lowest BCUT2D eigenvalue weighted by molar-refractivity contribution is -0.884. The van der Waals surface area contributed by atoms with Crippen molar-refractivity contribution in [3.8, 4) is 5.75 Å². The van der Waals surface area contributed by atoms with Crippen LogP contribution in [0.2, 0.25) is 0 Å². The number of quaternary nitrogens is 1. The van der Waals surface area contributed by atoms with Gasteiger partial charge in [-0.15, -0.1) is 0 Å². The Morgan fingerprint density at radius 2 is 2.00 bits per heavy atom. The highest BCUT2D eigenvalue weighted by molar-refractivity contribution is 9.10. The molecule has 23 heavy (non-hydrogen) atoms. The first-order valence-electron chi connectivity index (χ1n) is 8.04. The smallest absolute Gasteiger partial charge is 0.272 e. The molecule has 1 heterocycles. The zero-order chi connectivity index (χ0) is 17.0. The number of hydrogen-bond donors (Lipinski definition) is 2. The summed E-state index contributed by atoms with van der Waals surface area (Å²) in [6.45, 7) is 10.4. The Kier molecular flexibility index (Phi) is 6.06.